The second kappa shape index (κ2) is 5.97. The number of nitrogens with zero attached hydrogens (tertiary/aromatic N) is 1. The summed E-state index contributed by atoms with van der Waals surface area (Å²) in [7, 11) is 0. The number of carbonyl (C=O) groups is 1. The quantitative estimate of drug-likeness (QED) is 0.714. The number of amides is 1. The molecule has 1 aliphatic rings. The molecule has 0 N–H and O–H groups in total. The molecule has 1 fully saturated rings. The third kappa shape index (κ3) is 3.11. The van der Waals surface area contributed by atoms with Crippen LogP contribution in [0.1, 0.15) is 24.2 Å². The van der Waals surface area contributed by atoms with Gasteiger partial charge in [0.1, 0.15) is 0 Å². The van der Waals surface area contributed by atoms with E-state index in [-0.39, 0.29) is 11.9 Å². The average Bonchev–Trinajstić information content (AvgIpc) is 2.30. The van der Waals surface area contributed by atoms with Crippen molar-refractivity contribution < 1.29 is 4.79 Å². The van der Waals surface area contributed by atoms with Gasteiger partial charge in [-0.25, -0.2) is 0 Å². The predicted molar refractivity (Wildman–Crippen MR) is 84.3 cm³/mol. The first-order chi connectivity index (χ1) is 8.49. The Bertz CT molecular complexity index is 446. The monoisotopic (exact) mass is 391 g/mol. The van der Waals surface area contributed by atoms with Crippen molar-refractivity contribution in [1.82, 2.24) is 4.90 Å². The average molecular weight is 393 g/mol. The molecule has 0 saturated carbocycles. The van der Waals surface area contributed by atoms with Crippen LogP contribution in [-0.4, -0.2) is 34.4 Å². The van der Waals surface area contributed by atoms with E-state index in [9.17, 15) is 4.79 Å². The number of hydrogen-bond donors (Lipinski definition) is 0. The Morgan fingerprint density at radius 3 is 2.50 bits per heavy atom. The zero-order chi connectivity index (χ0) is 13.3. The summed E-state index contributed by atoms with van der Waals surface area (Å²) in [5.74, 6) is 1.14. The molecular weight excluding hydrogens is 378 g/mol. The van der Waals surface area contributed by atoms with Crippen LogP contribution in [0.2, 0.25) is 0 Å². The molecule has 1 heterocycles. The lowest BCUT2D eigenvalue weighted by atomic mass is 10.1. The maximum atomic E-state index is 12.5. The summed E-state index contributed by atoms with van der Waals surface area (Å²) in [5.41, 5.74) is 0.738. The fourth-order valence-corrected chi connectivity index (χ4v) is 4.46. The van der Waals surface area contributed by atoms with Gasteiger partial charge in [-0.05, 0) is 25.1 Å². The fourth-order valence-electron chi connectivity index (χ4n) is 2.06. The molecule has 0 aliphatic carbocycles. The maximum absolute atomic E-state index is 12.5. The van der Waals surface area contributed by atoms with Gasteiger partial charge in [0, 0.05) is 38.1 Å². The Balaban J connectivity index is 2.24. The molecule has 0 aromatic heterocycles. The highest BCUT2D eigenvalue weighted by Crippen LogP contribution is 2.27. The Hall–Kier alpha value is -0.000000000000000111. The minimum Gasteiger partial charge on any atom is -0.334 e. The second-order valence-electron chi connectivity index (χ2n) is 4.47. The zero-order valence-corrected chi connectivity index (χ0v) is 14.3. The topological polar surface area (TPSA) is 20.3 Å². The summed E-state index contributed by atoms with van der Waals surface area (Å²) < 4.78 is 1.85. The van der Waals surface area contributed by atoms with Crippen LogP contribution in [0.25, 0.3) is 0 Å². The van der Waals surface area contributed by atoms with E-state index in [1.54, 1.807) is 0 Å². The van der Waals surface area contributed by atoms with Crippen molar-refractivity contribution in [3.63, 3.8) is 0 Å². The molecule has 1 aliphatic heterocycles. The lowest BCUT2D eigenvalue weighted by Crippen LogP contribution is -2.47. The molecule has 0 radical (unpaired) electrons. The number of carbonyl (C=O) groups excluding carboxylic acids is 1. The van der Waals surface area contributed by atoms with Crippen LogP contribution in [0, 0.1) is 0 Å². The van der Waals surface area contributed by atoms with Crippen molar-refractivity contribution in [3.05, 3.63) is 32.7 Å². The Morgan fingerprint density at radius 2 is 1.89 bits per heavy atom. The molecule has 2 unspecified atom stereocenters. The van der Waals surface area contributed by atoms with Crippen LogP contribution in [0.5, 0.6) is 0 Å². The van der Waals surface area contributed by atoms with Crippen molar-refractivity contribution in [2.45, 2.75) is 25.1 Å². The summed E-state index contributed by atoms with van der Waals surface area (Å²) >= 11 is 8.79. The van der Waals surface area contributed by atoms with E-state index in [0.29, 0.717) is 5.25 Å². The standard InChI is InChI=1S/C13H15Br2NOS/c1-8-9(2)18-4-3-16(8)13(17)10-5-11(14)7-12(15)6-10/h5-9H,3-4H2,1-2H3. The first-order valence-corrected chi connectivity index (χ1v) is 8.51. The molecule has 1 saturated heterocycles. The Labute approximate surface area is 129 Å². The van der Waals surface area contributed by atoms with Crippen LogP contribution < -0.4 is 0 Å². The second-order valence-corrected chi connectivity index (χ2v) is 7.79. The van der Waals surface area contributed by atoms with Crippen molar-refractivity contribution in [3.8, 4) is 0 Å². The largest absolute Gasteiger partial charge is 0.334 e. The fraction of sp³-hybridized carbons (Fsp3) is 0.462. The summed E-state index contributed by atoms with van der Waals surface area (Å²) in [6, 6.07) is 5.99. The first kappa shape index (κ1) is 14.4. The van der Waals surface area contributed by atoms with Crippen LogP contribution in [-0.2, 0) is 0 Å². The van der Waals surface area contributed by atoms with E-state index in [4.69, 9.17) is 0 Å². The number of thioether (sulfide) groups is 1. The maximum Gasteiger partial charge on any atom is 0.254 e. The van der Waals surface area contributed by atoms with Gasteiger partial charge in [-0.3, -0.25) is 4.79 Å². The third-order valence-corrected chi connectivity index (χ3v) is 5.51. The number of rotatable bonds is 1. The first-order valence-electron chi connectivity index (χ1n) is 5.87. The van der Waals surface area contributed by atoms with Crippen molar-refractivity contribution >= 4 is 49.5 Å². The van der Waals surface area contributed by atoms with Crippen molar-refractivity contribution in [2.75, 3.05) is 12.3 Å². The number of hydrogen-bond acceptors (Lipinski definition) is 2. The van der Waals surface area contributed by atoms with Gasteiger partial charge in [-0.1, -0.05) is 38.8 Å². The van der Waals surface area contributed by atoms with Crippen LogP contribution in [0.3, 0.4) is 0 Å². The number of benzene rings is 1. The molecule has 1 aromatic rings. The molecular formula is C13H15Br2NOS. The van der Waals surface area contributed by atoms with E-state index in [1.165, 1.54) is 0 Å². The predicted octanol–water partition coefficient (Wildman–Crippen LogP) is 4.18. The normalized spacial score (nSPS) is 24.1. The molecule has 98 valence electrons. The molecule has 5 heteroatoms. The lowest BCUT2D eigenvalue weighted by Gasteiger charge is -2.37. The van der Waals surface area contributed by atoms with Gasteiger partial charge in [0.2, 0.25) is 0 Å². The summed E-state index contributed by atoms with van der Waals surface area (Å²) in [6.45, 7) is 5.15. The molecule has 0 bridgehead atoms. The van der Waals surface area contributed by atoms with E-state index in [1.807, 2.05) is 34.9 Å². The van der Waals surface area contributed by atoms with E-state index in [0.717, 1.165) is 26.8 Å². The van der Waals surface area contributed by atoms with Crippen LogP contribution in [0.15, 0.2) is 27.1 Å². The third-order valence-electron chi connectivity index (χ3n) is 3.25. The van der Waals surface area contributed by atoms with E-state index < -0.39 is 0 Å². The van der Waals surface area contributed by atoms with Gasteiger partial charge in [0.25, 0.3) is 5.91 Å². The van der Waals surface area contributed by atoms with E-state index in [2.05, 4.69) is 45.7 Å². The number of halogens is 2. The summed E-state index contributed by atoms with van der Waals surface area (Å²) in [4.78, 5) is 14.5. The smallest absolute Gasteiger partial charge is 0.254 e. The molecule has 2 atom stereocenters. The van der Waals surface area contributed by atoms with Gasteiger partial charge < -0.3 is 4.90 Å². The highest BCUT2D eigenvalue weighted by Gasteiger charge is 2.29. The van der Waals surface area contributed by atoms with Crippen LogP contribution in [0.4, 0.5) is 0 Å². The van der Waals surface area contributed by atoms with Gasteiger partial charge in [0.15, 0.2) is 0 Å². The van der Waals surface area contributed by atoms with Gasteiger partial charge in [-0.2, -0.15) is 11.8 Å². The van der Waals surface area contributed by atoms with Crippen LogP contribution >= 0.6 is 43.6 Å². The molecule has 0 spiro atoms. The van der Waals surface area contributed by atoms with E-state index >= 15 is 0 Å². The Kier molecular flexibility index (Phi) is 4.78. The van der Waals surface area contributed by atoms with Gasteiger partial charge >= 0.3 is 0 Å². The lowest BCUT2D eigenvalue weighted by molar-refractivity contribution is 0.0698. The summed E-state index contributed by atoms with van der Waals surface area (Å²) in [5, 5.41) is 0.498. The van der Waals surface area contributed by atoms with Gasteiger partial charge in [-0.15, -0.1) is 0 Å². The zero-order valence-electron chi connectivity index (χ0n) is 10.3. The molecule has 1 aromatic carbocycles. The van der Waals surface area contributed by atoms with Gasteiger partial charge in [0.05, 0.1) is 0 Å². The molecule has 2 nitrogen and oxygen atoms in total. The minimum atomic E-state index is 0.122. The Morgan fingerprint density at radius 1 is 1.28 bits per heavy atom. The molecule has 2 rings (SSSR count). The highest BCUT2D eigenvalue weighted by molar-refractivity contribution is 9.11. The van der Waals surface area contributed by atoms with Crippen molar-refractivity contribution in [1.29, 1.82) is 0 Å². The summed E-state index contributed by atoms with van der Waals surface area (Å²) in [6.07, 6.45) is 0. The molecule has 18 heavy (non-hydrogen) atoms. The molecule has 1 amide bonds. The minimum absolute atomic E-state index is 0.122. The highest BCUT2D eigenvalue weighted by atomic mass is 79.9. The SMILES string of the molecule is CC1SCCN(C(=O)c2cc(Br)cc(Br)c2)C1C. The van der Waals surface area contributed by atoms with Crippen molar-refractivity contribution in [2.24, 2.45) is 0 Å².